The summed E-state index contributed by atoms with van der Waals surface area (Å²) in [5.74, 6) is 0.913. The molecule has 0 aromatic heterocycles. The van der Waals surface area contributed by atoms with Gasteiger partial charge in [-0.25, -0.2) is 0 Å². The van der Waals surface area contributed by atoms with Gasteiger partial charge in [0, 0.05) is 0 Å². The van der Waals surface area contributed by atoms with Crippen molar-refractivity contribution in [2.24, 2.45) is 0 Å². The average molecular weight is 504 g/mol. The standard InChI is InChI=1S/C29H28OP.BrH/c1-30-27-17-11-15-26(23-27)24-31(28-18-7-3-8-19-28,29-20-9-4-10-21-29)22-12-16-25-13-5-2-6-14-25;/h2-21,23H,22,24H2,1H3;1H/q+1;/b16-12+;. The molecule has 0 aliphatic carbocycles. The maximum absolute atomic E-state index is 5.52. The summed E-state index contributed by atoms with van der Waals surface area (Å²) >= 11 is 0. The first-order chi connectivity index (χ1) is 15.3. The zero-order valence-electron chi connectivity index (χ0n) is 18.3. The summed E-state index contributed by atoms with van der Waals surface area (Å²) in [7, 11) is 0.00217. The zero-order valence-corrected chi connectivity index (χ0v) is 20.9. The monoisotopic (exact) mass is 503 g/mol. The van der Waals surface area contributed by atoms with E-state index in [0.717, 1.165) is 18.1 Å². The summed E-state index contributed by atoms with van der Waals surface area (Å²) in [5, 5.41) is 2.86. The lowest BCUT2D eigenvalue weighted by atomic mass is 10.2. The van der Waals surface area contributed by atoms with Crippen LogP contribution < -0.4 is 15.3 Å². The molecule has 3 heteroatoms. The predicted molar refractivity (Wildman–Crippen MR) is 146 cm³/mol. The zero-order chi connectivity index (χ0) is 21.4. The normalized spacial score (nSPS) is 11.2. The largest absolute Gasteiger partial charge is 0.497 e. The maximum atomic E-state index is 5.52. The molecule has 1 nitrogen and oxygen atoms in total. The third-order valence-electron chi connectivity index (χ3n) is 5.61. The van der Waals surface area contributed by atoms with Gasteiger partial charge in [0.2, 0.25) is 0 Å². The minimum atomic E-state index is -1.73. The van der Waals surface area contributed by atoms with Gasteiger partial charge in [-0.3, -0.25) is 0 Å². The molecule has 0 fully saturated rings. The number of allylic oxidation sites excluding steroid dienone is 1. The molecule has 4 rings (SSSR count). The highest BCUT2D eigenvalue weighted by molar-refractivity contribution is 8.93. The number of ether oxygens (including phenoxy) is 1. The summed E-state index contributed by atoms with van der Waals surface area (Å²) in [6.07, 6.45) is 6.62. The second-order valence-electron chi connectivity index (χ2n) is 7.64. The molecule has 0 aliphatic heterocycles. The first kappa shape index (κ1) is 24.0. The van der Waals surface area contributed by atoms with Crippen LogP contribution in [0.2, 0.25) is 0 Å². The Hall–Kier alpha value is -2.67. The van der Waals surface area contributed by atoms with Gasteiger partial charge in [-0.05, 0) is 53.6 Å². The lowest BCUT2D eigenvalue weighted by Crippen LogP contribution is -2.26. The van der Waals surface area contributed by atoms with Crippen LogP contribution >= 0.6 is 24.2 Å². The van der Waals surface area contributed by atoms with Gasteiger partial charge < -0.3 is 4.74 Å². The van der Waals surface area contributed by atoms with Crippen molar-refractivity contribution < 1.29 is 4.74 Å². The molecule has 0 heterocycles. The van der Waals surface area contributed by atoms with Crippen molar-refractivity contribution in [2.45, 2.75) is 6.16 Å². The van der Waals surface area contributed by atoms with Crippen LogP contribution in [0, 0.1) is 0 Å². The van der Waals surface area contributed by atoms with Crippen LogP contribution in [0.1, 0.15) is 11.1 Å². The van der Waals surface area contributed by atoms with Gasteiger partial charge in [0.15, 0.2) is 0 Å². The van der Waals surface area contributed by atoms with Gasteiger partial charge in [-0.15, -0.1) is 17.0 Å². The molecule has 0 aliphatic rings. The van der Waals surface area contributed by atoms with Gasteiger partial charge in [-0.1, -0.05) is 84.9 Å². The van der Waals surface area contributed by atoms with Crippen LogP contribution in [-0.4, -0.2) is 13.3 Å². The van der Waals surface area contributed by atoms with Crippen molar-refractivity contribution in [3.8, 4) is 5.75 Å². The molecule has 0 amide bonds. The third-order valence-corrected chi connectivity index (χ3v) is 9.93. The maximum Gasteiger partial charge on any atom is 0.119 e. The Morgan fingerprint density at radius 2 is 1.25 bits per heavy atom. The Kier molecular flexibility index (Phi) is 8.85. The van der Waals surface area contributed by atoms with Crippen LogP contribution in [0.5, 0.6) is 5.75 Å². The number of benzene rings is 4. The van der Waals surface area contributed by atoms with Crippen molar-refractivity contribution in [2.75, 3.05) is 13.3 Å². The van der Waals surface area contributed by atoms with Crippen LogP contribution in [0.4, 0.5) is 0 Å². The average Bonchev–Trinajstić information content (AvgIpc) is 2.85. The topological polar surface area (TPSA) is 9.23 Å². The highest BCUT2D eigenvalue weighted by Gasteiger charge is 2.41. The number of methoxy groups -OCH3 is 1. The van der Waals surface area contributed by atoms with Gasteiger partial charge in [0.05, 0.1) is 37.3 Å². The Morgan fingerprint density at radius 1 is 0.688 bits per heavy atom. The van der Waals surface area contributed by atoms with Gasteiger partial charge in [0.1, 0.15) is 5.75 Å². The molecular weight excluding hydrogens is 475 g/mol. The summed E-state index contributed by atoms with van der Waals surface area (Å²) in [6.45, 7) is 0. The van der Waals surface area contributed by atoms with Crippen molar-refractivity contribution in [1.29, 1.82) is 0 Å². The van der Waals surface area contributed by atoms with Crippen LogP contribution in [0.25, 0.3) is 6.08 Å². The first-order valence-electron chi connectivity index (χ1n) is 10.6. The quantitative estimate of drug-likeness (QED) is 0.232. The SMILES string of the molecule is Br.COc1cccc(C[P+](C/C=C/c2ccccc2)(c2ccccc2)c2ccccc2)c1. The number of hydrogen-bond donors (Lipinski definition) is 0. The summed E-state index contributed by atoms with van der Waals surface area (Å²) in [5.41, 5.74) is 2.55. The Labute approximate surface area is 202 Å². The number of halogens is 1. The van der Waals surface area contributed by atoms with E-state index in [4.69, 9.17) is 4.74 Å². The van der Waals surface area contributed by atoms with Crippen molar-refractivity contribution >= 4 is 40.9 Å². The van der Waals surface area contributed by atoms with Gasteiger partial charge >= 0.3 is 0 Å². The van der Waals surface area contributed by atoms with E-state index in [9.17, 15) is 0 Å². The number of rotatable bonds is 8. The van der Waals surface area contributed by atoms with Crippen molar-refractivity contribution in [1.82, 2.24) is 0 Å². The van der Waals surface area contributed by atoms with E-state index in [2.05, 4.69) is 121 Å². The predicted octanol–water partition coefficient (Wildman–Crippen LogP) is 7.16. The molecule has 162 valence electrons. The van der Waals surface area contributed by atoms with Gasteiger partial charge in [-0.2, -0.15) is 0 Å². The first-order valence-corrected chi connectivity index (χ1v) is 12.8. The summed E-state index contributed by atoms with van der Waals surface area (Å²) in [6, 6.07) is 41.2. The smallest absolute Gasteiger partial charge is 0.119 e. The second kappa shape index (κ2) is 11.8. The molecule has 32 heavy (non-hydrogen) atoms. The summed E-state index contributed by atoms with van der Waals surface area (Å²) in [4.78, 5) is 0. The van der Waals surface area contributed by atoms with Crippen LogP contribution in [0.15, 0.2) is 121 Å². The highest BCUT2D eigenvalue weighted by atomic mass is 79.9. The van der Waals surface area contributed by atoms with E-state index < -0.39 is 7.26 Å². The fourth-order valence-corrected chi connectivity index (χ4v) is 8.03. The highest BCUT2D eigenvalue weighted by Crippen LogP contribution is 2.59. The molecule has 0 spiro atoms. The van der Waals surface area contributed by atoms with Gasteiger partial charge in [0.25, 0.3) is 0 Å². The molecule has 0 saturated carbocycles. The van der Waals surface area contributed by atoms with E-state index in [1.54, 1.807) is 7.11 Å². The Bertz CT molecular complexity index is 1070. The van der Waals surface area contributed by atoms with E-state index in [1.807, 2.05) is 6.07 Å². The molecule has 0 bridgehead atoms. The van der Waals surface area contributed by atoms with E-state index >= 15 is 0 Å². The van der Waals surface area contributed by atoms with Crippen molar-refractivity contribution in [3.63, 3.8) is 0 Å². The van der Waals surface area contributed by atoms with Crippen molar-refractivity contribution in [3.05, 3.63) is 132 Å². The molecule has 0 radical (unpaired) electrons. The minimum absolute atomic E-state index is 0. The second-order valence-corrected chi connectivity index (χ2v) is 11.3. The number of hydrogen-bond acceptors (Lipinski definition) is 1. The molecule has 0 saturated heterocycles. The Morgan fingerprint density at radius 3 is 1.81 bits per heavy atom. The molecule has 0 atom stereocenters. The van der Waals surface area contributed by atoms with Crippen LogP contribution in [-0.2, 0) is 6.16 Å². The minimum Gasteiger partial charge on any atom is -0.497 e. The van der Waals surface area contributed by atoms with E-state index in [0.29, 0.717) is 0 Å². The Balaban J connectivity index is 0.00000289. The fourth-order valence-electron chi connectivity index (χ4n) is 4.05. The lowest BCUT2D eigenvalue weighted by Gasteiger charge is -2.27. The third kappa shape index (κ3) is 5.76. The fraction of sp³-hybridized carbons (Fsp3) is 0.103. The summed E-state index contributed by atoms with van der Waals surface area (Å²) < 4.78 is 5.52. The molecule has 0 unspecified atom stereocenters. The molecular formula is C29H29BrOP+. The molecule has 4 aromatic rings. The van der Waals surface area contributed by atoms with Crippen LogP contribution in [0.3, 0.4) is 0 Å². The molecule has 4 aromatic carbocycles. The molecule has 0 N–H and O–H groups in total. The van der Waals surface area contributed by atoms with E-state index in [-0.39, 0.29) is 17.0 Å². The lowest BCUT2D eigenvalue weighted by molar-refractivity contribution is 0.414. The van der Waals surface area contributed by atoms with E-state index in [1.165, 1.54) is 21.7 Å².